The second-order valence-corrected chi connectivity index (χ2v) is 8.37. The number of halogens is 1. The minimum Gasteiger partial charge on any atom is -0.444 e. The average molecular weight is 391 g/mol. The van der Waals surface area contributed by atoms with Crippen LogP contribution in [0.5, 0.6) is 0 Å². The van der Waals surface area contributed by atoms with Crippen molar-refractivity contribution in [3.63, 3.8) is 0 Å². The van der Waals surface area contributed by atoms with Crippen molar-refractivity contribution in [1.29, 1.82) is 0 Å². The number of aromatic nitrogens is 1. The van der Waals surface area contributed by atoms with Crippen LogP contribution in [0, 0.1) is 5.92 Å². The van der Waals surface area contributed by atoms with Crippen LogP contribution in [-0.2, 0) is 11.2 Å². The van der Waals surface area contributed by atoms with Crippen molar-refractivity contribution in [3.05, 3.63) is 58.9 Å². The SMILES string of the molecule is CC(C)[C@H](NC(=O)OC(C)(C)C)C(=O)n1ccc(Cc2ccc(Cl)cc2)c1. The van der Waals surface area contributed by atoms with Crippen molar-refractivity contribution in [1.82, 2.24) is 9.88 Å². The van der Waals surface area contributed by atoms with Gasteiger partial charge in [0.25, 0.3) is 5.91 Å². The first-order chi connectivity index (χ1) is 12.5. The zero-order valence-corrected chi connectivity index (χ0v) is 17.2. The fraction of sp³-hybridized carbons (Fsp3) is 0.429. The molecule has 0 saturated heterocycles. The maximum atomic E-state index is 12.9. The van der Waals surface area contributed by atoms with Gasteiger partial charge < -0.3 is 10.1 Å². The Kier molecular flexibility index (Phi) is 6.71. The molecule has 27 heavy (non-hydrogen) atoms. The molecule has 0 aliphatic rings. The molecule has 2 rings (SSSR count). The smallest absolute Gasteiger partial charge is 0.408 e. The van der Waals surface area contributed by atoms with Gasteiger partial charge in [-0.1, -0.05) is 37.6 Å². The lowest BCUT2D eigenvalue weighted by Gasteiger charge is -2.25. The van der Waals surface area contributed by atoms with Gasteiger partial charge in [-0.25, -0.2) is 4.79 Å². The minimum absolute atomic E-state index is 0.0767. The summed E-state index contributed by atoms with van der Waals surface area (Å²) >= 11 is 5.91. The number of benzene rings is 1. The summed E-state index contributed by atoms with van der Waals surface area (Å²) < 4.78 is 6.80. The van der Waals surface area contributed by atoms with Gasteiger partial charge in [0.1, 0.15) is 11.6 Å². The molecule has 0 spiro atoms. The molecule has 6 heteroatoms. The fourth-order valence-corrected chi connectivity index (χ4v) is 2.76. The van der Waals surface area contributed by atoms with Crippen LogP contribution in [0.2, 0.25) is 5.02 Å². The second-order valence-electron chi connectivity index (χ2n) is 7.94. The summed E-state index contributed by atoms with van der Waals surface area (Å²) in [5, 5.41) is 3.38. The highest BCUT2D eigenvalue weighted by atomic mass is 35.5. The van der Waals surface area contributed by atoms with E-state index in [1.807, 2.05) is 44.2 Å². The highest BCUT2D eigenvalue weighted by molar-refractivity contribution is 6.30. The predicted octanol–water partition coefficient (Wildman–Crippen LogP) is 4.92. The maximum Gasteiger partial charge on any atom is 0.408 e. The molecule has 1 N–H and O–H groups in total. The molecule has 1 aromatic carbocycles. The van der Waals surface area contributed by atoms with Gasteiger partial charge in [0.2, 0.25) is 0 Å². The monoisotopic (exact) mass is 390 g/mol. The lowest BCUT2D eigenvalue weighted by atomic mass is 10.0. The molecule has 0 saturated carbocycles. The molecule has 5 nitrogen and oxygen atoms in total. The Morgan fingerprint density at radius 2 is 1.74 bits per heavy atom. The third kappa shape index (κ3) is 6.43. The van der Waals surface area contributed by atoms with Crippen molar-refractivity contribution in [2.75, 3.05) is 0 Å². The van der Waals surface area contributed by atoms with Gasteiger partial charge in [-0.2, -0.15) is 0 Å². The summed E-state index contributed by atoms with van der Waals surface area (Å²) in [5.41, 5.74) is 1.50. The number of carbonyl (C=O) groups is 2. The number of alkyl carbamates (subject to hydrolysis) is 1. The lowest BCUT2D eigenvalue weighted by Crippen LogP contribution is -2.48. The Labute approximate surface area is 165 Å². The quantitative estimate of drug-likeness (QED) is 0.788. The number of nitrogens with zero attached hydrogens (tertiary/aromatic N) is 1. The molecule has 1 heterocycles. The van der Waals surface area contributed by atoms with Crippen LogP contribution in [0.1, 0.15) is 50.5 Å². The summed E-state index contributed by atoms with van der Waals surface area (Å²) in [4.78, 5) is 25.0. The zero-order valence-electron chi connectivity index (χ0n) is 16.5. The van der Waals surface area contributed by atoms with Gasteiger partial charge in [0.05, 0.1) is 0 Å². The molecule has 0 unspecified atom stereocenters. The molecule has 146 valence electrons. The maximum absolute atomic E-state index is 12.9. The Balaban J connectivity index is 2.08. The Morgan fingerprint density at radius 3 is 2.30 bits per heavy atom. The average Bonchev–Trinajstić information content (AvgIpc) is 3.01. The van der Waals surface area contributed by atoms with Gasteiger partial charge in [0, 0.05) is 17.4 Å². The molecular weight excluding hydrogens is 364 g/mol. The van der Waals surface area contributed by atoms with Crippen LogP contribution < -0.4 is 5.32 Å². The van der Waals surface area contributed by atoms with E-state index >= 15 is 0 Å². The molecule has 1 aromatic heterocycles. The Morgan fingerprint density at radius 1 is 1.11 bits per heavy atom. The third-order valence-electron chi connectivity index (χ3n) is 3.94. The molecule has 1 atom stereocenters. The number of ether oxygens (including phenoxy) is 1. The standard InChI is InChI=1S/C21H27ClN2O3/c1-14(2)18(23-20(26)27-21(3,4)5)19(25)24-11-10-16(13-24)12-15-6-8-17(22)9-7-15/h6-11,13-14,18H,12H2,1-5H3,(H,23,26)/t18-/m0/s1. The van der Waals surface area contributed by atoms with Crippen LogP contribution in [0.3, 0.4) is 0 Å². The molecule has 0 aliphatic heterocycles. The third-order valence-corrected chi connectivity index (χ3v) is 4.19. The van der Waals surface area contributed by atoms with Crippen molar-refractivity contribution >= 4 is 23.6 Å². The number of nitrogens with one attached hydrogen (secondary N) is 1. The van der Waals surface area contributed by atoms with E-state index in [9.17, 15) is 9.59 Å². The first kappa shape index (κ1) is 21.0. The minimum atomic E-state index is -0.671. The molecule has 1 amide bonds. The Hall–Kier alpha value is -2.27. The normalized spacial score (nSPS) is 12.7. The number of carbonyl (C=O) groups excluding carboxylic acids is 2. The van der Waals surface area contributed by atoms with Gasteiger partial charge in [-0.05, 0) is 62.4 Å². The summed E-state index contributed by atoms with van der Waals surface area (Å²) in [6.45, 7) is 9.13. The number of hydrogen-bond donors (Lipinski definition) is 1. The molecule has 0 fully saturated rings. The largest absolute Gasteiger partial charge is 0.444 e. The molecule has 0 radical (unpaired) electrons. The van der Waals surface area contributed by atoms with E-state index in [1.54, 1.807) is 33.2 Å². The van der Waals surface area contributed by atoms with E-state index in [2.05, 4.69) is 5.32 Å². The molecule has 2 aromatic rings. The van der Waals surface area contributed by atoms with Gasteiger partial charge >= 0.3 is 6.09 Å². The van der Waals surface area contributed by atoms with Crippen molar-refractivity contribution in [2.24, 2.45) is 5.92 Å². The van der Waals surface area contributed by atoms with Gasteiger partial charge in [-0.15, -0.1) is 0 Å². The van der Waals surface area contributed by atoms with E-state index in [-0.39, 0.29) is 11.8 Å². The van der Waals surface area contributed by atoms with Crippen molar-refractivity contribution < 1.29 is 14.3 Å². The van der Waals surface area contributed by atoms with E-state index in [0.717, 1.165) is 11.1 Å². The van der Waals surface area contributed by atoms with Gasteiger partial charge in [-0.3, -0.25) is 9.36 Å². The molecule has 0 bridgehead atoms. The Bertz CT molecular complexity index is 789. The van der Waals surface area contributed by atoms with E-state index in [1.165, 1.54) is 4.57 Å². The highest BCUT2D eigenvalue weighted by Crippen LogP contribution is 2.15. The second kappa shape index (κ2) is 8.61. The van der Waals surface area contributed by atoms with Crippen LogP contribution >= 0.6 is 11.6 Å². The number of hydrogen-bond acceptors (Lipinski definition) is 3. The first-order valence-electron chi connectivity index (χ1n) is 9.00. The van der Waals surface area contributed by atoms with Crippen LogP contribution in [0.15, 0.2) is 42.7 Å². The number of amides is 1. The fourth-order valence-electron chi connectivity index (χ4n) is 2.63. The molecule has 0 aliphatic carbocycles. The summed E-state index contributed by atoms with van der Waals surface area (Å²) in [6, 6.07) is 8.84. The highest BCUT2D eigenvalue weighted by Gasteiger charge is 2.27. The molecular formula is C21H27ClN2O3. The summed E-state index contributed by atoms with van der Waals surface area (Å²) in [5.74, 6) is -0.273. The predicted molar refractivity (Wildman–Crippen MR) is 107 cm³/mol. The van der Waals surface area contributed by atoms with Crippen LogP contribution in [-0.4, -0.2) is 28.2 Å². The van der Waals surface area contributed by atoms with Crippen LogP contribution in [0.4, 0.5) is 4.79 Å². The topological polar surface area (TPSA) is 60.3 Å². The van der Waals surface area contributed by atoms with Crippen molar-refractivity contribution in [2.45, 2.75) is 52.7 Å². The van der Waals surface area contributed by atoms with Gasteiger partial charge in [0.15, 0.2) is 0 Å². The lowest BCUT2D eigenvalue weighted by molar-refractivity contribution is 0.0464. The summed E-state index contributed by atoms with van der Waals surface area (Å²) in [6.07, 6.45) is 3.62. The number of rotatable bonds is 5. The van der Waals surface area contributed by atoms with Crippen molar-refractivity contribution in [3.8, 4) is 0 Å². The van der Waals surface area contributed by atoms with E-state index in [0.29, 0.717) is 11.4 Å². The van der Waals surface area contributed by atoms with Crippen LogP contribution in [0.25, 0.3) is 0 Å². The van der Waals surface area contributed by atoms with E-state index in [4.69, 9.17) is 16.3 Å². The zero-order chi connectivity index (χ0) is 20.2. The van der Waals surface area contributed by atoms with E-state index < -0.39 is 17.7 Å². The summed E-state index contributed by atoms with van der Waals surface area (Å²) in [7, 11) is 0. The first-order valence-corrected chi connectivity index (χ1v) is 9.38.